The van der Waals surface area contributed by atoms with E-state index in [1.807, 2.05) is 54.6 Å². The molecule has 1 amide bonds. The molecule has 2 aromatic carbocycles. The van der Waals surface area contributed by atoms with Crippen LogP contribution < -0.4 is 10.1 Å². The van der Waals surface area contributed by atoms with Gasteiger partial charge in [0.25, 0.3) is 5.91 Å². The zero-order valence-electron chi connectivity index (χ0n) is 17.3. The average molecular weight is 407 g/mol. The molecule has 0 fully saturated rings. The number of hydrogen-bond donors (Lipinski definition) is 1. The quantitative estimate of drug-likeness (QED) is 0.581. The van der Waals surface area contributed by atoms with Crippen LogP contribution in [0.4, 0.5) is 0 Å². The van der Waals surface area contributed by atoms with Crippen molar-refractivity contribution in [2.75, 3.05) is 20.3 Å². The number of methoxy groups -OCH3 is 1. The van der Waals surface area contributed by atoms with Crippen molar-refractivity contribution in [1.82, 2.24) is 15.1 Å². The number of rotatable bonds is 8. The number of para-hydroxylation sites is 2. The van der Waals surface area contributed by atoms with Gasteiger partial charge in [0.1, 0.15) is 11.3 Å². The number of amides is 1. The average Bonchev–Trinajstić information content (AvgIpc) is 3.07. The maximum atomic E-state index is 12.5. The molecular formula is C23H25N3O4. The van der Waals surface area contributed by atoms with Gasteiger partial charge in [-0.05, 0) is 44.0 Å². The van der Waals surface area contributed by atoms with Crippen LogP contribution in [0, 0.1) is 13.8 Å². The third-order valence-corrected chi connectivity index (χ3v) is 4.74. The van der Waals surface area contributed by atoms with E-state index in [4.69, 9.17) is 9.47 Å². The van der Waals surface area contributed by atoms with Gasteiger partial charge in [-0.1, -0.05) is 36.4 Å². The Morgan fingerprint density at radius 2 is 1.73 bits per heavy atom. The van der Waals surface area contributed by atoms with Gasteiger partial charge in [-0.2, -0.15) is 5.10 Å². The minimum absolute atomic E-state index is 0.347. The van der Waals surface area contributed by atoms with Crippen molar-refractivity contribution >= 4 is 11.9 Å². The molecule has 3 rings (SSSR count). The summed E-state index contributed by atoms with van der Waals surface area (Å²) in [7, 11) is 1.61. The van der Waals surface area contributed by atoms with E-state index < -0.39 is 5.97 Å². The molecule has 156 valence electrons. The number of carbonyl (C=O) groups excluding carboxylic acids is 2. The van der Waals surface area contributed by atoms with Crippen molar-refractivity contribution in [3.05, 3.63) is 77.1 Å². The van der Waals surface area contributed by atoms with Crippen LogP contribution in [0.2, 0.25) is 0 Å². The summed E-state index contributed by atoms with van der Waals surface area (Å²) in [4.78, 5) is 24.6. The third kappa shape index (κ3) is 4.86. The van der Waals surface area contributed by atoms with E-state index in [2.05, 4.69) is 10.4 Å². The molecule has 3 aromatic rings. The number of benzene rings is 2. The number of carbonyl (C=O) groups is 2. The van der Waals surface area contributed by atoms with Gasteiger partial charge in [-0.15, -0.1) is 0 Å². The standard InChI is InChI=1S/C23H25N3O4/c1-16-22(17(2)26(25-16)19-10-5-4-6-11-19)23(28)30-15-21(27)24-14-13-18-9-7-8-12-20(18)29-3/h4-12H,13-15H2,1-3H3,(H,24,27). The summed E-state index contributed by atoms with van der Waals surface area (Å²) in [5.41, 5.74) is 3.45. The maximum absolute atomic E-state index is 12.5. The molecule has 1 N–H and O–H groups in total. The predicted molar refractivity (Wildman–Crippen MR) is 113 cm³/mol. The molecule has 7 nitrogen and oxygen atoms in total. The molecule has 0 saturated heterocycles. The highest BCUT2D eigenvalue weighted by atomic mass is 16.5. The normalized spacial score (nSPS) is 10.5. The molecule has 1 heterocycles. The van der Waals surface area contributed by atoms with Crippen molar-refractivity contribution in [3.63, 3.8) is 0 Å². The van der Waals surface area contributed by atoms with Crippen molar-refractivity contribution in [1.29, 1.82) is 0 Å². The predicted octanol–water partition coefficient (Wildman–Crippen LogP) is 3.01. The first-order valence-corrected chi connectivity index (χ1v) is 9.68. The topological polar surface area (TPSA) is 82.4 Å². The minimum atomic E-state index is -0.563. The summed E-state index contributed by atoms with van der Waals surface area (Å²) in [6, 6.07) is 17.2. The lowest BCUT2D eigenvalue weighted by molar-refractivity contribution is -0.124. The zero-order chi connectivity index (χ0) is 21.5. The highest BCUT2D eigenvalue weighted by Crippen LogP contribution is 2.19. The molecule has 7 heteroatoms. The van der Waals surface area contributed by atoms with Gasteiger partial charge in [0.15, 0.2) is 6.61 Å². The lowest BCUT2D eigenvalue weighted by atomic mass is 10.1. The van der Waals surface area contributed by atoms with Gasteiger partial charge in [0.2, 0.25) is 0 Å². The summed E-state index contributed by atoms with van der Waals surface area (Å²) < 4.78 is 12.2. The fourth-order valence-electron chi connectivity index (χ4n) is 3.26. The van der Waals surface area contributed by atoms with Crippen molar-refractivity contribution in [3.8, 4) is 11.4 Å². The van der Waals surface area contributed by atoms with Crippen molar-refractivity contribution < 1.29 is 19.1 Å². The molecule has 0 atom stereocenters. The Morgan fingerprint density at radius 3 is 2.47 bits per heavy atom. The Hall–Kier alpha value is -3.61. The first kappa shape index (κ1) is 21.1. The van der Waals surface area contributed by atoms with Crippen LogP contribution in [-0.2, 0) is 16.0 Å². The summed E-state index contributed by atoms with van der Waals surface area (Å²) in [6.07, 6.45) is 0.617. The number of nitrogens with zero attached hydrogens (tertiary/aromatic N) is 2. The number of ether oxygens (including phenoxy) is 2. The number of nitrogens with one attached hydrogen (secondary N) is 1. The van der Waals surface area contributed by atoms with E-state index >= 15 is 0 Å². The van der Waals surface area contributed by atoms with Gasteiger partial charge in [-0.3, -0.25) is 4.79 Å². The molecule has 0 spiro atoms. The number of aryl methyl sites for hydroxylation is 1. The zero-order valence-corrected chi connectivity index (χ0v) is 17.3. The molecule has 0 unspecified atom stereocenters. The first-order valence-electron chi connectivity index (χ1n) is 9.68. The number of esters is 1. The molecule has 0 aliphatic carbocycles. The highest BCUT2D eigenvalue weighted by molar-refractivity contribution is 5.93. The molecule has 0 aliphatic heterocycles. The van der Waals surface area contributed by atoms with E-state index in [0.717, 1.165) is 17.0 Å². The van der Waals surface area contributed by atoms with Gasteiger partial charge in [0, 0.05) is 6.54 Å². The van der Waals surface area contributed by atoms with Crippen molar-refractivity contribution in [2.45, 2.75) is 20.3 Å². The fourth-order valence-corrected chi connectivity index (χ4v) is 3.26. The second-order valence-electron chi connectivity index (χ2n) is 6.78. The summed E-state index contributed by atoms with van der Waals surface area (Å²) >= 11 is 0. The van der Waals surface area contributed by atoms with Gasteiger partial charge < -0.3 is 14.8 Å². The lowest BCUT2D eigenvalue weighted by Crippen LogP contribution is -2.30. The lowest BCUT2D eigenvalue weighted by Gasteiger charge is -2.09. The second kappa shape index (κ2) is 9.73. The third-order valence-electron chi connectivity index (χ3n) is 4.74. The van der Waals surface area contributed by atoms with Crippen molar-refractivity contribution in [2.24, 2.45) is 0 Å². The first-order chi connectivity index (χ1) is 14.5. The van der Waals surface area contributed by atoms with E-state index in [1.165, 1.54) is 0 Å². The Kier molecular flexibility index (Phi) is 6.85. The Bertz CT molecular complexity index is 1030. The Balaban J connectivity index is 1.54. The second-order valence-corrected chi connectivity index (χ2v) is 6.78. The molecular weight excluding hydrogens is 382 g/mol. The number of aromatic nitrogens is 2. The maximum Gasteiger partial charge on any atom is 0.342 e. The summed E-state index contributed by atoms with van der Waals surface area (Å²) in [5, 5.41) is 7.19. The van der Waals surface area contributed by atoms with E-state index in [0.29, 0.717) is 29.9 Å². The highest BCUT2D eigenvalue weighted by Gasteiger charge is 2.21. The van der Waals surface area contributed by atoms with Crippen LogP contribution in [0.15, 0.2) is 54.6 Å². The molecule has 0 saturated carbocycles. The molecule has 30 heavy (non-hydrogen) atoms. The van der Waals surface area contributed by atoms with Gasteiger partial charge in [0.05, 0.1) is 24.2 Å². The van der Waals surface area contributed by atoms with Crippen LogP contribution in [0.1, 0.15) is 27.3 Å². The smallest absolute Gasteiger partial charge is 0.342 e. The molecule has 0 aliphatic rings. The minimum Gasteiger partial charge on any atom is -0.496 e. The van der Waals surface area contributed by atoms with Crippen LogP contribution in [-0.4, -0.2) is 41.9 Å². The van der Waals surface area contributed by atoms with E-state index in [1.54, 1.807) is 25.6 Å². The van der Waals surface area contributed by atoms with Crippen LogP contribution in [0.3, 0.4) is 0 Å². The molecule has 1 aromatic heterocycles. The Labute approximate surface area is 175 Å². The molecule has 0 radical (unpaired) electrons. The largest absolute Gasteiger partial charge is 0.496 e. The monoisotopic (exact) mass is 407 g/mol. The fraction of sp³-hybridized carbons (Fsp3) is 0.261. The molecule has 0 bridgehead atoms. The van der Waals surface area contributed by atoms with Gasteiger partial charge >= 0.3 is 5.97 Å². The van der Waals surface area contributed by atoms with E-state index in [-0.39, 0.29) is 12.5 Å². The van der Waals surface area contributed by atoms with E-state index in [9.17, 15) is 9.59 Å². The van der Waals surface area contributed by atoms with Crippen LogP contribution in [0.25, 0.3) is 5.69 Å². The van der Waals surface area contributed by atoms with Gasteiger partial charge in [-0.25, -0.2) is 9.48 Å². The summed E-state index contributed by atoms with van der Waals surface area (Å²) in [5.74, 6) is -0.143. The summed E-state index contributed by atoms with van der Waals surface area (Å²) in [6.45, 7) is 3.62. The van der Waals surface area contributed by atoms with Crippen LogP contribution in [0.5, 0.6) is 5.75 Å². The SMILES string of the molecule is COc1ccccc1CCNC(=O)COC(=O)c1c(C)nn(-c2ccccc2)c1C. The number of hydrogen-bond acceptors (Lipinski definition) is 5. The van der Waals surface area contributed by atoms with Crippen LogP contribution >= 0.6 is 0 Å². The Morgan fingerprint density at radius 1 is 1.03 bits per heavy atom.